The lowest BCUT2D eigenvalue weighted by Crippen LogP contribution is -2.15. The van der Waals surface area contributed by atoms with Crippen molar-refractivity contribution >= 4 is 17.6 Å². The molecule has 0 aromatic carbocycles. The van der Waals surface area contributed by atoms with Crippen molar-refractivity contribution < 1.29 is 4.74 Å². The summed E-state index contributed by atoms with van der Waals surface area (Å²) in [5, 5.41) is 4.94. The van der Waals surface area contributed by atoms with Gasteiger partial charge < -0.3 is 10.1 Å². The minimum atomic E-state index is 0.654. The summed E-state index contributed by atoms with van der Waals surface area (Å²) in [6.07, 6.45) is 7.94. The van der Waals surface area contributed by atoms with Gasteiger partial charge in [-0.3, -0.25) is 0 Å². The molecular formula is C15H25N3OS. The molecule has 1 fully saturated rings. The van der Waals surface area contributed by atoms with E-state index in [9.17, 15) is 0 Å². The van der Waals surface area contributed by atoms with Crippen LogP contribution in [0.3, 0.4) is 0 Å². The van der Waals surface area contributed by atoms with Crippen LogP contribution in [0.2, 0.25) is 0 Å². The van der Waals surface area contributed by atoms with E-state index in [-0.39, 0.29) is 0 Å². The summed E-state index contributed by atoms with van der Waals surface area (Å²) < 4.78 is 5.53. The first-order valence-corrected chi connectivity index (χ1v) is 8.42. The standard InChI is InChI=1S/C15H25N3OS/c1-4-8-16-14-13(19-3)15(18-10-17-14)20-12-7-5-6-11(2)9-12/h10-12H,4-9H2,1-3H3,(H,16,17,18). The van der Waals surface area contributed by atoms with Crippen molar-refractivity contribution in [3.8, 4) is 5.75 Å². The number of anilines is 1. The zero-order valence-electron chi connectivity index (χ0n) is 12.7. The van der Waals surface area contributed by atoms with Gasteiger partial charge in [-0.15, -0.1) is 0 Å². The number of aromatic nitrogens is 2. The highest BCUT2D eigenvalue weighted by Crippen LogP contribution is 2.40. The van der Waals surface area contributed by atoms with Gasteiger partial charge in [0.1, 0.15) is 11.4 Å². The van der Waals surface area contributed by atoms with Gasteiger partial charge in [0.15, 0.2) is 11.6 Å². The van der Waals surface area contributed by atoms with Crippen LogP contribution in [-0.2, 0) is 0 Å². The molecule has 1 heterocycles. The highest BCUT2D eigenvalue weighted by Gasteiger charge is 2.23. The van der Waals surface area contributed by atoms with E-state index < -0.39 is 0 Å². The molecule has 0 radical (unpaired) electrons. The smallest absolute Gasteiger partial charge is 0.193 e. The fourth-order valence-corrected chi connectivity index (χ4v) is 4.06. The fraction of sp³-hybridized carbons (Fsp3) is 0.733. The Labute approximate surface area is 126 Å². The van der Waals surface area contributed by atoms with Crippen molar-refractivity contribution in [2.45, 2.75) is 56.2 Å². The first kappa shape index (κ1) is 15.4. The second kappa shape index (κ2) is 7.72. The molecule has 112 valence electrons. The van der Waals surface area contributed by atoms with E-state index in [4.69, 9.17) is 4.74 Å². The molecule has 5 heteroatoms. The van der Waals surface area contributed by atoms with Gasteiger partial charge >= 0.3 is 0 Å². The van der Waals surface area contributed by atoms with Gasteiger partial charge in [0.05, 0.1) is 7.11 Å². The summed E-state index contributed by atoms with van der Waals surface area (Å²) in [5.74, 6) is 2.44. The average Bonchev–Trinajstić information content (AvgIpc) is 2.45. The summed E-state index contributed by atoms with van der Waals surface area (Å²) >= 11 is 1.85. The Balaban J connectivity index is 2.09. The van der Waals surface area contributed by atoms with Crippen molar-refractivity contribution in [1.82, 2.24) is 9.97 Å². The molecule has 1 N–H and O–H groups in total. The summed E-state index contributed by atoms with van der Waals surface area (Å²) in [6, 6.07) is 0. The Morgan fingerprint density at radius 2 is 2.25 bits per heavy atom. The van der Waals surface area contributed by atoms with Gasteiger partial charge in [0.25, 0.3) is 0 Å². The number of methoxy groups -OCH3 is 1. The molecule has 1 aliphatic carbocycles. The molecule has 0 spiro atoms. The van der Waals surface area contributed by atoms with Crippen LogP contribution >= 0.6 is 11.8 Å². The van der Waals surface area contributed by atoms with E-state index in [1.807, 2.05) is 11.8 Å². The van der Waals surface area contributed by atoms with Gasteiger partial charge in [-0.1, -0.05) is 38.5 Å². The number of nitrogens with zero attached hydrogens (tertiary/aromatic N) is 2. The van der Waals surface area contributed by atoms with Crippen LogP contribution in [0.25, 0.3) is 0 Å². The Morgan fingerprint density at radius 3 is 2.95 bits per heavy atom. The fourth-order valence-electron chi connectivity index (χ4n) is 2.64. The number of hydrogen-bond donors (Lipinski definition) is 1. The van der Waals surface area contributed by atoms with E-state index in [1.165, 1.54) is 25.7 Å². The zero-order chi connectivity index (χ0) is 14.4. The summed E-state index contributed by atoms with van der Waals surface area (Å²) in [5.41, 5.74) is 0. The monoisotopic (exact) mass is 295 g/mol. The molecule has 1 aromatic rings. The summed E-state index contributed by atoms with van der Waals surface area (Å²) in [6.45, 7) is 5.38. The maximum absolute atomic E-state index is 5.53. The zero-order valence-corrected chi connectivity index (χ0v) is 13.5. The number of nitrogens with one attached hydrogen (secondary N) is 1. The molecular weight excluding hydrogens is 270 g/mol. The van der Waals surface area contributed by atoms with Crippen molar-refractivity contribution in [2.24, 2.45) is 5.92 Å². The Bertz CT molecular complexity index is 428. The van der Waals surface area contributed by atoms with E-state index in [1.54, 1.807) is 13.4 Å². The van der Waals surface area contributed by atoms with Crippen LogP contribution in [0.15, 0.2) is 11.4 Å². The van der Waals surface area contributed by atoms with Gasteiger partial charge in [-0.25, -0.2) is 9.97 Å². The van der Waals surface area contributed by atoms with Crippen LogP contribution in [0.1, 0.15) is 46.0 Å². The van der Waals surface area contributed by atoms with Crippen LogP contribution in [0.5, 0.6) is 5.75 Å². The minimum absolute atomic E-state index is 0.654. The van der Waals surface area contributed by atoms with Crippen LogP contribution in [0.4, 0.5) is 5.82 Å². The highest BCUT2D eigenvalue weighted by molar-refractivity contribution is 8.00. The molecule has 0 saturated heterocycles. The first-order valence-electron chi connectivity index (χ1n) is 7.54. The molecule has 20 heavy (non-hydrogen) atoms. The Kier molecular flexibility index (Phi) is 5.95. The third-order valence-electron chi connectivity index (χ3n) is 3.68. The van der Waals surface area contributed by atoms with Gasteiger partial charge in [0, 0.05) is 11.8 Å². The molecule has 0 amide bonds. The largest absolute Gasteiger partial charge is 0.490 e. The summed E-state index contributed by atoms with van der Waals surface area (Å²) in [4.78, 5) is 8.72. The summed E-state index contributed by atoms with van der Waals surface area (Å²) in [7, 11) is 1.70. The predicted octanol–water partition coefficient (Wildman–Crippen LogP) is 3.98. The predicted molar refractivity (Wildman–Crippen MR) is 84.6 cm³/mol. The lowest BCUT2D eigenvalue weighted by atomic mass is 9.91. The molecule has 1 aliphatic rings. The number of thioether (sulfide) groups is 1. The highest BCUT2D eigenvalue weighted by atomic mass is 32.2. The van der Waals surface area contributed by atoms with E-state index in [0.717, 1.165) is 35.5 Å². The SMILES string of the molecule is CCCNc1ncnc(SC2CCCC(C)C2)c1OC. The quantitative estimate of drug-likeness (QED) is 0.804. The molecule has 4 nitrogen and oxygen atoms in total. The molecule has 2 unspecified atom stereocenters. The van der Waals surface area contributed by atoms with E-state index >= 15 is 0 Å². The van der Waals surface area contributed by atoms with Crippen molar-refractivity contribution in [3.63, 3.8) is 0 Å². The molecule has 1 aromatic heterocycles. The van der Waals surface area contributed by atoms with Gasteiger partial charge in [0.2, 0.25) is 0 Å². The molecule has 0 bridgehead atoms. The van der Waals surface area contributed by atoms with E-state index in [0.29, 0.717) is 5.25 Å². The van der Waals surface area contributed by atoms with Crippen LogP contribution in [-0.4, -0.2) is 28.9 Å². The Morgan fingerprint density at radius 1 is 1.40 bits per heavy atom. The molecule has 2 rings (SSSR count). The lowest BCUT2D eigenvalue weighted by molar-refractivity contribution is 0.389. The number of hydrogen-bond acceptors (Lipinski definition) is 5. The molecule has 1 saturated carbocycles. The van der Waals surface area contributed by atoms with Crippen LogP contribution in [0, 0.1) is 5.92 Å². The topological polar surface area (TPSA) is 47.0 Å². The Hall–Kier alpha value is -0.970. The molecule has 2 atom stereocenters. The minimum Gasteiger partial charge on any atom is -0.490 e. The maximum Gasteiger partial charge on any atom is 0.193 e. The molecule has 0 aliphatic heterocycles. The van der Waals surface area contributed by atoms with Crippen molar-refractivity contribution in [3.05, 3.63) is 6.33 Å². The average molecular weight is 295 g/mol. The number of rotatable bonds is 6. The van der Waals surface area contributed by atoms with Gasteiger partial charge in [-0.05, 0) is 25.2 Å². The third-order valence-corrected chi connectivity index (χ3v) is 4.96. The van der Waals surface area contributed by atoms with Crippen molar-refractivity contribution in [2.75, 3.05) is 19.0 Å². The second-order valence-corrected chi connectivity index (χ2v) is 6.79. The maximum atomic E-state index is 5.53. The van der Waals surface area contributed by atoms with E-state index in [2.05, 4.69) is 29.1 Å². The lowest BCUT2D eigenvalue weighted by Gasteiger charge is -2.26. The second-order valence-electron chi connectivity index (χ2n) is 5.50. The first-order chi connectivity index (χ1) is 9.74. The van der Waals surface area contributed by atoms with Gasteiger partial charge in [-0.2, -0.15) is 0 Å². The number of ether oxygens (including phenoxy) is 1. The normalized spacial score (nSPS) is 22.6. The van der Waals surface area contributed by atoms with Crippen molar-refractivity contribution in [1.29, 1.82) is 0 Å². The van der Waals surface area contributed by atoms with Crippen LogP contribution < -0.4 is 10.1 Å². The third kappa shape index (κ3) is 4.01.